The smallest absolute Gasteiger partial charge is 0.545 e. The summed E-state index contributed by atoms with van der Waals surface area (Å²) in [5.41, 5.74) is 27.2. The Morgan fingerprint density at radius 3 is 0.766 bits per heavy atom. The van der Waals surface area contributed by atoms with Gasteiger partial charge in [-0.3, -0.25) is 9.97 Å². The minimum absolute atomic E-state index is 0. The quantitative estimate of drug-likeness (QED) is 0.140. The Kier molecular flexibility index (Phi) is 120. The van der Waals surface area contributed by atoms with Gasteiger partial charge in [0.25, 0.3) is 0 Å². The minimum Gasteiger partial charge on any atom is -0.545 e. The summed E-state index contributed by atoms with van der Waals surface area (Å²) < 4.78 is 0. The maximum absolute atomic E-state index is 10.3. The molecule has 0 bridgehead atoms. The molecule has 295 valence electrons. The van der Waals surface area contributed by atoms with Crippen LogP contribution in [0, 0.1) is 0 Å². The van der Waals surface area contributed by atoms with E-state index in [0.717, 1.165) is 24.5 Å². The topological polar surface area (TPSA) is 594 Å². The summed E-state index contributed by atoms with van der Waals surface area (Å²) in [6.45, 7) is 3.58. The Hall–Kier alpha value is -2.38. The van der Waals surface area contributed by atoms with Gasteiger partial charge in [-0.05, 0) is 24.3 Å². The monoisotopic (exact) mass is 931 g/mol. The first-order valence-corrected chi connectivity index (χ1v) is 9.96. The molecular formula is C20H46Ag2CuN8O16. The van der Waals surface area contributed by atoms with E-state index >= 15 is 0 Å². The number of pyridine rings is 2. The van der Waals surface area contributed by atoms with E-state index in [2.05, 4.69) is 9.97 Å². The maximum Gasteiger partial charge on any atom is 2.00 e. The molecule has 0 saturated carbocycles. The van der Waals surface area contributed by atoms with E-state index in [1.165, 1.54) is 12.1 Å². The molecule has 0 aliphatic carbocycles. The number of rotatable bonds is 7. The zero-order valence-corrected chi connectivity index (χ0v) is 28.1. The van der Waals surface area contributed by atoms with Gasteiger partial charge in [0.15, 0.2) is 0 Å². The fourth-order valence-corrected chi connectivity index (χ4v) is 1.47. The van der Waals surface area contributed by atoms with E-state index in [0.29, 0.717) is 39.3 Å². The first-order valence-electron chi connectivity index (χ1n) is 9.96. The van der Waals surface area contributed by atoms with Crippen LogP contribution in [0.2, 0.25) is 0 Å². The second-order valence-electron chi connectivity index (χ2n) is 5.68. The average molecular weight is 934 g/mol. The van der Waals surface area contributed by atoms with Crippen LogP contribution >= 0.6 is 0 Å². The number of aromatic nitrogens is 2. The van der Waals surface area contributed by atoms with Crippen LogP contribution in [0.25, 0.3) is 0 Å². The van der Waals surface area contributed by atoms with Crippen LogP contribution in [-0.4, -0.2) is 117 Å². The zero-order chi connectivity index (χ0) is 28.5. The summed E-state index contributed by atoms with van der Waals surface area (Å²) in [6.07, 6.45) is 2.33. The number of carbonyl (C=O) groups is 4. The van der Waals surface area contributed by atoms with Gasteiger partial charge in [-0.15, -0.1) is 0 Å². The molecule has 1 radical (unpaired) electrons. The number of carbonyl (C=O) groups excluding carboxylic acids is 4. The molecule has 0 aliphatic heterocycles. The van der Waals surface area contributed by atoms with Crippen molar-refractivity contribution >= 4 is 23.9 Å². The van der Waals surface area contributed by atoms with Crippen LogP contribution in [0.15, 0.2) is 36.7 Å². The number of hydrogen-bond donors (Lipinski definition) is 6. The third-order valence-corrected chi connectivity index (χ3v) is 2.94. The fourth-order valence-electron chi connectivity index (χ4n) is 1.47. The maximum atomic E-state index is 10.3. The van der Waals surface area contributed by atoms with Gasteiger partial charge in [0.05, 0.1) is 35.3 Å². The van der Waals surface area contributed by atoms with Crippen LogP contribution in [0.4, 0.5) is 0 Å². The molecular weight excluding hydrogens is 888 g/mol. The fraction of sp³-hybridized carbons (Fsp3) is 0.300. The molecule has 0 fully saturated rings. The van der Waals surface area contributed by atoms with Crippen molar-refractivity contribution in [2.75, 3.05) is 39.3 Å². The Morgan fingerprint density at radius 2 is 0.660 bits per heavy atom. The first-order chi connectivity index (χ1) is 17.0. The van der Waals surface area contributed by atoms with Gasteiger partial charge in [0.1, 0.15) is 0 Å². The van der Waals surface area contributed by atoms with Crippen LogP contribution in [-0.2, 0) is 61.8 Å². The van der Waals surface area contributed by atoms with Crippen molar-refractivity contribution in [1.82, 2.24) is 9.97 Å². The predicted molar refractivity (Wildman–Crippen MR) is 149 cm³/mol. The molecule has 2 aromatic heterocycles. The predicted octanol–water partition coefficient (Wildman–Crippen LogP) is -14.3. The molecule has 0 aromatic carbocycles. The molecule has 0 unspecified atom stereocenters. The molecule has 47 heavy (non-hydrogen) atoms. The number of hydrogen-bond acceptors (Lipinski definition) is 16. The van der Waals surface area contributed by atoms with E-state index < -0.39 is 46.4 Å². The number of carboxylic acid groups (broad SMARTS) is 4. The van der Waals surface area contributed by atoms with Gasteiger partial charge in [0, 0.05) is 62.8 Å². The van der Waals surface area contributed by atoms with Crippen LogP contribution in [0.1, 0.15) is 41.7 Å². The van der Waals surface area contributed by atoms with Crippen LogP contribution < -0.4 is 54.8 Å². The molecule has 2 heterocycles. The van der Waals surface area contributed by atoms with Crippen molar-refractivity contribution < 1.29 is 145 Å². The van der Waals surface area contributed by atoms with Crippen molar-refractivity contribution in [1.29, 1.82) is 0 Å². The van der Waals surface area contributed by atoms with Crippen molar-refractivity contribution in [2.45, 2.75) is 0 Å². The Morgan fingerprint density at radius 1 is 0.468 bits per heavy atom. The first kappa shape index (κ1) is 90.6. The standard InChI is InChI=1S/2C7H5NO4.3C2H8N2.2Ag.Cu.8H2O/c2*9-6(10)4-2-1-3-8-5(4)7(11)12;3*3-1-2-4;;;;;;;;;;;/h2*1-3H,(H,9,10)(H,11,12);3*1-4H2;;;;8*1H2/q;;;;;2*+1;+2;;;;;;;;/p-4. The Balaban J connectivity index is -0.0000000246. The van der Waals surface area contributed by atoms with Crippen LogP contribution in [0.3, 0.4) is 0 Å². The van der Waals surface area contributed by atoms with E-state index in [9.17, 15) is 39.6 Å². The van der Waals surface area contributed by atoms with E-state index in [1.54, 1.807) is 0 Å². The number of nitrogens with zero attached hydrogens (tertiary/aromatic N) is 2. The Labute approximate surface area is 310 Å². The van der Waals surface area contributed by atoms with Crippen molar-refractivity contribution in [2.24, 2.45) is 34.4 Å². The summed E-state index contributed by atoms with van der Waals surface area (Å²) in [6, 6.07) is 4.79. The zero-order valence-electron chi connectivity index (χ0n) is 24.2. The van der Waals surface area contributed by atoms with Gasteiger partial charge < -0.3 is 118 Å². The van der Waals surface area contributed by atoms with Gasteiger partial charge in [-0.25, -0.2) is 0 Å². The van der Waals surface area contributed by atoms with Crippen molar-refractivity contribution in [3.8, 4) is 0 Å². The SMILES string of the molecule is NCCN.NCCN.NCCN.O.O.O.O.O.O.O.O.O=C([O-])c1cccnc1C(=O)[O-].O=C([O-])c1cccnc1C(=O)[O-].[Ag+].[Ag+].[Cu+2]. The Bertz CT molecular complexity index is 799. The second-order valence-corrected chi connectivity index (χ2v) is 5.68. The normalized spacial score (nSPS) is 6.68. The number of aromatic carboxylic acids is 4. The van der Waals surface area contributed by atoms with Crippen molar-refractivity contribution in [3.05, 3.63) is 59.2 Å². The molecule has 0 spiro atoms. The molecule has 0 saturated heterocycles. The molecule has 24 nitrogen and oxygen atoms in total. The number of nitrogens with two attached hydrogens (primary N) is 6. The summed E-state index contributed by atoms with van der Waals surface area (Å²) in [7, 11) is 0. The summed E-state index contributed by atoms with van der Waals surface area (Å²) in [5, 5.41) is 41.1. The third kappa shape index (κ3) is 50.7. The molecule has 2 aromatic rings. The summed E-state index contributed by atoms with van der Waals surface area (Å²) >= 11 is 0. The van der Waals surface area contributed by atoms with Gasteiger partial charge >= 0.3 is 61.8 Å². The van der Waals surface area contributed by atoms with E-state index in [1.807, 2.05) is 0 Å². The molecule has 0 amide bonds. The second kappa shape index (κ2) is 62.4. The summed E-state index contributed by atoms with van der Waals surface area (Å²) in [4.78, 5) is 47.7. The number of carboxylic acids is 4. The molecule has 0 aliphatic rings. The third-order valence-electron chi connectivity index (χ3n) is 2.94. The van der Waals surface area contributed by atoms with Crippen molar-refractivity contribution in [3.63, 3.8) is 0 Å². The van der Waals surface area contributed by atoms with Gasteiger partial charge in [0.2, 0.25) is 0 Å². The van der Waals surface area contributed by atoms with E-state index in [-0.39, 0.29) is 106 Å². The van der Waals surface area contributed by atoms with E-state index in [4.69, 9.17) is 34.4 Å². The van der Waals surface area contributed by atoms with Crippen LogP contribution in [0.5, 0.6) is 0 Å². The minimum atomic E-state index is -1.63. The van der Waals surface area contributed by atoms with Gasteiger partial charge in [-0.2, -0.15) is 0 Å². The molecule has 28 N–H and O–H groups in total. The molecule has 27 heteroatoms. The summed E-state index contributed by atoms with van der Waals surface area (Å²) in [5.74, 6) is -6.42. The molecule has 0 atom stereocenters. The van der Waals surface area contributed by atoms with Gasteiger partial charge in [-0.1, -0.05) is 0 Å². The largest absolute Gasteiger partial charge is 2.00 e. The molecule has 2 rings (SSSR count). The average Bonchev–Trinajstić information content (AvgIpc) is 2.89.